The van der Waals surface area contributed by atoms with Crippen molar-refractivity contribution in [1.82, 2.24) is 5.32 Å². The van der Waals surface area contributed by atoms with E-state index in [0.717, 1.165) is 12.5 Å². The van der Waals surface area contributed by atoms with Crippen molar-refractivity contribution in [3.63, 3.8) is 0 Å². The van der Waals surface area contributed by atoms with Gasteiger partial charge in [0.1, 0.15) is 0 Å². The highest BCUT2D eigenvalue weighted by molar-refractivity contribution is 5.87. The van der Waals surface area contributed by atoms with Crippen LogP contribution in [0.25, 0.3) is 0 Å². The van der Waals surface area contributed by atoms with E-state index in [0.29, 0.717) is 11.6 Å². The SMILES string of the molecule is COC(=O)C(C)=CCN[C@@H](C)C1CCCCC1. The minimum Gasteiger partial charge on any atom is -0.466 e. The highest BCUT2D eigenvalue weighted by Crippen LogP contribution is 2.26. The van der Waals surface area contributed by atoms with Crippen LogP contribution in [0.1, 0.15) is 46.0 Å². The first-order valence-corrected chi connectivity index (χ1v) is 6.63. The van der Waals surface area contributed by atoms with Crippen molar-refractivity contribution in [2.45, 2.75) is 52.0 Å². The van der Waals surface area contributed by atoms with Gasteiger partial charge in [0.2, 0.25) is 0 Å². The third kappa shape index (κ3) is 4.90. The topological polar surface area (TPSA) is 38.3 Å². The number of nitrogens with one attached hydrogen (secondary N) is 1. The number of carbonyl (C=O) groups excluding carboxylic acids is 1. The Morgan fingerprint density at radius 1 is 1.41 bits per heavy atom. The number of ether oxygens (including phenoxy) is 1. The van der Waals surface area contributed by atoms with Gasteiger partial charge in [-0.3, -0.25) is 0 Å². The number of esters is 1. The van der Waals surface area contributed by atoms with Gasteiger partial charge in [-0.25, -0.2) is 4.79 Å². The van der Waals surface area contributed by atoms with Crippen molar-refractivity contribution in [3.8, 4) is 0 Å². The summed E-state index contributed by atoms with van der Waals surface area (Å²) < 4.78 is 4.65. The summed E-state index contributed by atoms with van der Waals surface area (Å²) in [5, 5.41) is 3.48. The summed E-state index contributed by atoms with van der Waals surface area (Å²) in [5.74, 6) is 0.563. The van der Waals surface area contributed by atoms with E-state index in [9.17, 15) is 4.79 Å². The molecular formula is C14H25NO2. The van der Waals surface area contributed by atoms with Crippen LogP contribution in [-0.4, -0.2) is 25.7 Å². The third-order valence-electron chi connectivity index (χ3n) is 3.71. The Morgan fingerprint density at radius 2 is 2.06 bits per heavy atom. The molecular weight excluding hydrogens is 214 g/mol. The van der Waals surface area contributed by atoms with Crippen molar-refractivity contribution in [1.29, 1.82) is 0 Å². The van der Waals surface area contributed by atoms with Gasteiger partial charge in [-0.15, -0.1) is 0 Å². The lowest BCUT2D eigenvalue weighted by Crippen LogP contribution is -2.34. The van der Waals surface area contributed by atoms with Gasteiger partial charge in [-0.05, 0) is 32.6 Å². The molecule has 0 bridgehead atoms. The van der Waals surface area contributed by atoms with Gasteiger partial charge in [0, 0.05) is 18.2 Å². The Kier molecular flexibility index (Phi) is 6.27. The summed E-state index contributed by atoms with van der Waals surface area (Å²) in [4.78, 5) is 11.2. The second kappa shape index (κ2) is 7.49. The molecule has 0 aliphatic heterocycles. The zero-order valence-corrected chi connectivity index (χ0v) is 11.3. The van der Waals surface area contributed by atoms with Crippen molar-refractivity contribution in [3.05, 3.63) is 11.6 Å². The molecule has 17 heavy (non-hydrogen) atoms. The van der Waals surface area contributed by atoms with Crippen LogP contribution < -0.4 is 5.32 Å². The van der Waals surface area contributed by atoms with Gasteiger partial charge >= 0.3 is 5.97 Å². The first-order chi connectivity index (χ1) is 8.15. The highest BCUT2D eigenvalue weighted by atomic mass is 16.5. The summed E-state index contributed by atoms with van der Waals surface area (Å²) in [5.41, 5.74) is 0.677. The standard InChI is InChI=1S/C14H25NO2/c1-11(14(16)17-3)9-10-15-12(2)13-7-5-4-6-8-13/h9,12-13,15H,4-8,10H2,1-3H3/t12-/m0/s1. The van der Waals surface area contributed by atoms with Gasteiger partial charge in [0.25, 0.3) is 0 Å². The van der Waals surface area contributed by atoms with Gasteiger partial charge in [-0.2, -0.15) is 0 Å². The van der Waals surface area contributed by atoms with Crippen molar-refractivity contribution < 1.29 is 9.53 Å². The Morgan fingerprint density at radius 3 is 2.65 bits per heavy atom. The summed E-state index contributed by atoms with van der Waals surface area (Å²) in [6.45, 7) is 4.79. The first kappa shape index (κ1) is 14.2. The van der Waals surface area contributed by atoms with Crippen molar-refractivity contribution in [2.24, 2.45) is 5.92 Å². The van der Waals surface area contributed by atoms with Gasteiger partial charge < -0.3 is 10.1 Å². The van der Waals surface area contributed by atoms with Crippen LogP contribution in [0.3, 0.4) is 0 Å². The molecule has 1 fully saturated rings. The smallest absolute Gasteiger partial charge is 0.333 e. The number of rotatable bonds is 5. The maximum absolute atomic E-state index is 11.2. The minimum atomic E-state index is -0.239. The van der Waals surface area contributed by atoms with E-state index in [1.807, 2.05) is 6.08 Å². The highest BCUT2D eigenvalue weighted by Gasteiger charge is 2.18. The van der Waals surface area contributed by atoms with Crippen molar-refractivity contribution >= 4 is 5.97 Å². The molecule has 0 radical (unpaired) electrons. The molecule has 1 N–H and O–H groups in total. The molecule has 0 aromatic heterocycles. The molecule has 0 amide bonds. The van der Waals surface area contributed by atoms with Crippen LogP contribution in [0.4, 0.5) is 0 Å². The molecule has 1 saturated carbocycles. The van der Waals surface area contributed by atoms with Crippen LogP contribution in [0.5, 0.6) is 0 Å². The molecule has 3 nitrogen and oxygen atoms in total. The first-order valence-electron chi connectivity index (χ1n) is 6.63. The molecule has 1 atom stereocenters. The van der Waals surface area contributed by atoms with E-state index in [-0.39, 0.29) is 5.97 Å². The Bertz CT molecular complexity index is 267. The number of hydrogen-bond acceptors (Lipinski definition) is 3. The fourth-order valence-corrected chi connectivity index (χ4v) is 2.44. The normalized spacial score (nSPS) is 20.1. The lowest BCUT2D eigenvalue weighted by atomic mass is 9.84. The second-order valence-corrected chi connectivity index (χ2v) is 4.97. The molecule has 0 aromatic rings. The zero-order valence-electron chi connectivity index (χ0n) is 11.3. The maximum atomic E-state index is 11.2. The quantitative estimate of drug-likeness (QED) is 0.592. The summed E-state index contributed by atoms with van der Waals surface area (Å²) in [6, 6.07) is 0.539. The Hall–Kier alpha value is -0.830. The van der Waals surface area contributed by atoms with Crippen LogP contribution in [-0.2, 0) is 9.53 Å². The lowest BCUT2D eigenvalue weighted by Gasteiger charge is -2.28. The maximum Gasteiger partial charge on any atom is 0.333 e. The molecule has 98 valence electrons. The average Bonchev–Trinajstić information content (AvgIpc) is 2.38. The third-order valence-corrected chi connectivity index (χ3v) is 3.71. The molecule has 0 heterocycles. The Labute approximate surface area is 105 Å². The molecule has 1 aliphatic carbocycles. The molecule has 0 aromatic carbocycles. The fraction of sp³-hybridized carbons (Fsp3) is 0.786. The molecule has 0 saturated heterocycles. The van der Waals surface area contributed by atoms with E-state index in [1.54, 1.807) is 6.92 Å². The minimum absolute atomic E-state index is 0.239. The summed E-state index contributed by atoms with van der Waals surface area (Å²) >= 11 is 0. The Balaban J connectivity index is 2.27. The molecule has 0 unspecified atom stereocenters. The number of carbonyl (C=O) groups is 1. The van der Waals surface area contributed by atoms with Crippen molar-refractivity contribution in [2.75, 3.05) is 13.7 Å². The summed E-state index contributed by atoms with van der Waals surface area (Å²) in [6.07, 6.45) is 8.72. The van der Waals surface area contributed by atoms with Crippen LogP contribution in [0.15, 0.2) is 11.6 Å². The van der Waals surface area contributed by atoms with E-state index in [2.05, 4.69) is 17.0 Å². The van der Waals surface area contributed by atoms with E-state index >= 15 is 0 Å². The van der Waals surface area contributed by atoms with Gasteiger partial charge in [0.15, 0.2) is 0 Å². The van der Waals surface area contributed by atoms with Crippen LogP contribution in [0.2, 0.25) is 0 Å². The summed E-state index contributed by atoms with van der Waals surface area (Å²) in [7, 11) is 1.41. The molecule has 1 rings (SSSR count). The molecule has 0 spiro atoms. The molecule has 3 heteroatoms. The lowest BCUT2D eigenvalue weighted by molar-refractivity contribution is -0.136. The number of hydrogen-bond donors (Lipinski definition) is 1. The fourth-order valence-electron chi connectivity index (χ4n) is 2.44. The second-order valence-electron chi connectivity index (χ2n) is 4.97. The van der Waals surface area contributed by atoms with E-state index < -0.39 is 0 Å². The zero-order chi connectivity index (χ0) is 12.7. The van der Waals surface area contributed by atoms with Gasteiger partial charge in [0.05, 0.1) is 7.11 Å². The van der Waals surface area contributed by atoms with E-state index in [4.69, 9.17) is 0 Å². The van der Waals surface area contributed by atoms with Crippen LogP contribution in [0, 0.1) is 5.92 Å². The van der Waals surface area contributed by atoms with E-state index in [1.165, 1.54) is 39.2 Å². The molecule has 1 aliphatic rings. The average molecular weight is 239 g/mol. The monoisotopic (exact) mass is 239 g/mol. The predicted octanol–water partition coefficient (Wildman–Crippen LogP) is 2.66. The predicted molar refractivity (Wildman–Crippen MR) is 69.8 cm³/mol. The van der Waals surface area contributed by atoms with Crippen LogP contribution >= 0.6 is 0 Å². The van der Waals surface area contributed by atoms with Gasteiger partial charge in [-0.1, -0.05) is 25.3 Å². The largest absolute Gasteiger partial charge is 0.466 e. The number of methoxy groups -OCH3 is 1.